The van der Waals surface area contributed by atoms with Crippen LogP contribution in [0.15, 0.2) is 12.1 Å². The van der Waals surface area contributed by atoms with Crippen molar-refractivity contribution in [3.63, 3.8) is 0 Å². The van der Waals surface area contributed by atoms with Crippen LogP contribution in [0, 0.1) is 17.5 Å². The number of rotatable bonds is 3. The van der Waals surface area contributed by atoms with E-state index in [1.54, 1.807) is 0 Å². The lowest BCUT2D eigenvalue weighted by Crippen LogP contribution is -2.21. The Morgan fingerprint density at radius 1 is 1.07 bits per heavy atom. The fourth-order valence-corrected chi connectivity index (χ4v) is 1.12. The second-order valence-electron chi connectivity index (χ2n) is 2.97. The highest BCUT2D eigenvalue weighted by molar-refractivity contribution is 5.24. The third-order valence-electron chi connectivity index (χ3n) is 1.89. The molecule has 0 aromatic heterocycles. The molecule has 0 aliphatic heterocycles. The maximum Gasteiger partial charge on any atom is 0.277 e. The molecule has 0 amide bonds. The van der Waals surface area contributed by atoms with Crippen LogP contribution in [0.25, 0.3) is 0 Å². The molecule has 1 rings (SSSR count). The van der Waals surface area contributed by atoms with Gasteiger partial charge in [0, 0.05) is 6.42 Å². The Morgan fingerprint density at radius 3 is 2.20 bits per heavy atom. The number of nitrogens with two attached hydrogens (primary N) is 1. The SMILES string of the molecule is NCCC(F)(F)c1ccc(F)c(F)c1F. The first-order valence-electron chi connectivity index (χ1n) is 4.12. The quantitative estimate of drug-likeness (QED) is 0.620. The first-order chi connectivity index (χ1) is 6.90. The van der Waals surface area contributed by atoms with E-state index in [0.717, 1.165) is 0 Å². The summed E-state index contributed by atoms with van der Waals surface area (Å²) in [7, 11) is 0. The molecule has 0 unspecified atom stereocenters. The minimum atomic E-state index is -3.59. The number of halogens is 5. The third kappa shape index (κ3) is 2.26. The lowest BCUT2D eigenvalue weighted by Gasteiger charge is -2.16. The topological polar surface area (TPSA) is 26.0 Å². The van der Waals surface area contributed by atoms with Crippen LogP contribution in [-0.4, -0.2) is 6.54 Å². The van der Waals surface area contributed by atoms with Crippen LogP contribution in [0.3, 0.4) is 0 Å². The standard InChI is InChI=1S/C9H8F5N/c10-6-2-1-5(7(11)8(6)12)9(13,14)3-4-15/h1-2H,3-4,15H2. The minimum absolute atomic E-state index is 0.383. The summed E-state index contributed by atoms with van der Waals surface area (Å²) in [6.45, 7) is -0.383. The van der Waals surface area contributed by atoms with Crippen molar-refractivity contribution in [3.8, 4) is 0 Å². The average Bonchev–Trinajstić information content (AvgIpc) is 2.13. The van der Waals surface area contributed by atoms with Crippen LogP contribution in [-0.2, 0) is 5.92 Å². The molecule has 2 N–H and O–H groups in total. The predicted molar refractivity (Wildman–Crippen MR) is 43.9 cm³/mol. The van der Waals surface area contributed by atoms with Gasteiger partial charge >= 0.3 is 0 Å². The molecule has 0 heterocycles. The van der Waals surface area contributed by atoms with Gasteiger partial charge in [0.05, 0.1) is 5.56 Å². The minimum Gasteiger partial charge on any atom is -0.330 e. The summed E-state index contributed by atoms with van der Waals surface area (Å²) in [5.41, 5.74) is 3.73. The molecule has 0 saturated carbocycles. The van der Waals surface area contributed by atoms with Crippen LogP contribution in [0.2, 0.25) is 0 Å². The molecule has 84 valence electrons. The lowest BCUT2D eigenvalue weighted by molar-refractivity contribution is -0.0148. The maximum absolute atomic E-state index is 13.1. The fourth-order valence-electron chi connectivity index (χ4n) is 1.12. The summed E-state index contributed by atoms with van der Waals surface area (Å²) in [6.07, 6.45) is -0.824. The highest BCUT2D eigenvalue weighted by atomic mass is 19.3. The summed E-state index contributed by atoms with van der Waals surface area (Å²) in [5, 5.41) is 0. The van der Waals surface area contributed by atoms with Gasteiger partial charge in [-0.2, -0.15) is 0 Å². The summed E-state index contributed by atoms with van der Waals surface area (Å²) in [4.78, 5) is 0. The summed E-state index contributed by atoms with van der Waals surface area (Å²) in [6, 6.07) is 0.974. The van der Waals surface area contributed by atoms with Gasteiger partial charge in [-0.1, -0.05) is 0 Å². The van der Waals surface area contributed by atoms with Gasteiger partial charge in [-0.25, -0.2) is 22.0 Å². The van der Waals surface area contributed by atoms with E-state index in [2.05, 4.69) is 0 Å². The van der Waals surface area contributed by atoms with Crippen molar-refractivity contribution in [2.24, 2.45) is 5.73 Å². The summed E-state index contributed by atoms with van der Waals surface area (Å²) >= 11 is 0. The van der Waals surface area contributed by atoms with E-state index in [9.17, 15) is 22.0 Å². The molecular weight excluding hydrogens is 217 g/mol. The zero-order chi connectivity index (χ0) is 11.6. The normalized spacial score (nSPS) is 11.9. The van der Waals surface area contributed by atoms with Crippen molar-refractivity contribution in [2.75, 3.05) is 6.54 Å². The zero-order valence-electron chi connectivity index (χ0n) is 7.54. The first-order valence-corrected chi connectivity index (χ1v) is 4.12. The van der Waals surface area contributed by atoms with Gasteiger partial charge in [0.2, 0.25) is 0 Å². The van der Waals surface area contributed by atoms with E-state index in [1.807, 2.05) is 0 Å². The lowest BCUT2D eigenvalue weighted by atomic mass is 10.0. The van der Waals surface area contributed by atoms with E-state index in [1.165, 1.54) is 0 Å². The highest BCUT2D eigenvalue weighted by Gasteiger charge is 2.35. The zero-order valence-corrected chi connectivity index (χ0v) is 7.54. The van der Waals surface area contributed by atoms with Gasteiger partial charge in [0.25, 0.3) is 5.92 Å². The maximum atomic E-state index is 13.1. The number of alkyl halides is 2. The Hall–Kier alpha value is -1.17. The van der Waals surface area contributed by atoms with Crippen LogP contribution in [0.1, 0.15) is 12.0 Å². The average molecular weight is 225 g/mol. The van der Waals surface area contributed by atoms with Gasteiger partial charge < -0.3 is 5.73 Å². The molecule has 0 atom stereocenters. The predicted octanol–water partition coefficient (Wildman–Crippen LogP) is 2.54. The Labute approximate surface area is 82.7 Å². The second-order valence-corrected chi connectivity index (χ2v) is 2.97. The van der Waals surface area contributed by atoms with Gasteiger partial charge in [0.1, 0.15) is 0 Å². The van der Waals surface area contributed by atoms with Crippen molar-refractivity contribution in [1.82, 2.24) is 0 Å². The Balaban J connectivity index is 3.21. The van der Waals surface area contributed by atoms with Gasteiger partial charge in [-0.15, -0.1) is 0 Å². The molecule has 1 aromatic rings. The first kappa shape index (κ1) is 11.9. The summed E-state index contributed by atoms with van der Waals surface area (Å²) in [5.74, 6) is -8.86. The molecule has 0 fully saturated rings. The van der Waals surface area contributed by atoms with Crippen molar-refractivity contribution < 1.29 is 22.0 Å². The van der Waals surface area contributed by atoms with E-state index in [-0.39, 0.29) is 6.54 Å². The molecule has 15 heavy (non-hydrogen) atoms. The van der Waals surface area contributed by atoms with E-state index < -0.39 is 35.4 Å². The Morgan fingerprint density at radius 2 is 1.67 bits per heavy atom. The molecule has 0 aliphatic carbocycles. The molecular formula is C9H8F5N. The molecule has 6 heteroatoms. The third-order valence-corrected chi connectivity index (χ3v) is 1.89. The Bertz CT molecular complexity index is 364. The second kappa shape index (κ2) is 4.14. The van der Waals surface area contributed by atoms with Crippen molar-refractivity contribution in [1.29, 1.82) is 0 Å². The van der Waals surface area contributed by atoms with E-state index in [4.69, 9.17) is 5.73 Å². The van der Waals surface area contributed by atoms with E-state index >= 15 is 0 Å². The molecule has 0 spiro atoms. The van der Waals surface area contributed by atoms with Crippen molar-refractivity contribution in [3.05, 3.63) is 35.1 Å². The molecule has 1 nitrogen and oxygen atoms in total. The van der Waals surface area contributed by atoms with Crippen LogP contribution >= 0.6 is 0 Å². The van der Waals surface area contributed by atoms with Crippen molar-refractivity contribution >= 4 is 0 Å². The number of benzene rings is 1. The van der Waals surface area contributed by atoms with Crippen molar-refractivity contribution in [2.45, 2.75) is 12.3 Å². The van der Waals surface area contributed by atoms with Gasteiger partial charge in [-0.05, 0) is 18.7 Å². The molecule has 0 saturated heterocycles. The van der Waals surface area contributed by atoms with Crippen LogP contribution < -0.4 is 5.73 Å². The Kier molecular flexibility index (Phi) is 3.28. The van der Waals surface area contributed by atoms with Gasteiger partial charge in [-0.3, -0.25) is 0 Å². The molecule has 0 aliphatic rings. The van der Waals surface area contributed by atoms with Gasteiger partial charge in [0.15, 0.2) is 17.5 Å². The highest BCUT2D eigenvalue weighted by Crippen LogP contribution is 2.34. The van der Waals surface area contributed by atoms with Crippen LogP contribution in [0.4, 0.5) is 22.0 Å². The largest absolute Gasteiger partial charge is 0.330 e. The molecule has 0 bridgehead atoms. The molecule has 0 radical (unpaired) electrons. The molecule has 1 aromatic carbocycles. The fraction of sp³-hybridized carbons (Fsp3) is 0.333. The van der Waals surface area contributed by atoms with E-state index in [0.29, 0.717) is 12.1 Å². The smallest absolute Gasteiger partial charge is 0.277 e. The summed E-state index contributed by atoms with van der Waals surface area (Å²) < 4.78 is 64.3. The number of hydrogen-bond donors (Lipinski definition) is 1. The number of hydrogen-bond acceptors (Lipinski definition) is 1. The monoisotopic (exact) mass is 225 g/mol. The van der Waals surface area contributed by atoms with Crippen LogP contribution in [0.5, 0.6) is 0 Å².